The van der Waals surface area contributed by atoms with Gasteiger partial charge in [-0.15, -0.1) is 0 Å². The molecule has 0 saturated heterocycles. The average Bonchev–Trinajstić information content (AvgIpc) is 2.94. The Balaban J connectivity index is 1.65. The zero-order valence-electron chi connectivity index (χ0n) is 9.16. The predicted octanol–water partition coefficient (Wildman–Crippen LogP) is 1.14. The van der Waals surface area contributed by atoms with Gasteiger partial charge in [0.2, 0.25) is 5.91 Å². The fraction of sp³-hybridized carbons (Fsp3) is 0.583. The fourth-order valence-electron chi connectivity index (χ4n) is 2.22. The maximum absolute atomic E-state index is 11.7. The third kappa shape index (κ3) is 1.97. The average molecular weight is 220 g/mol. The van der Waals surface area contributed by atoms with Crippen LogP contribution < -0.4 is 10.6 Å². The molecule has 2 aliphatic rings. The molecule has 1 aromatic rings. The standard InChI is InChI=1S/C12H16N2O2/c15-12(14-8-1-2-8)7-10-9-4-6-16-11(9)3-5-13-10/h4,6,8,10,13H,1-3,5,7H2,(H,14,15). The van der Waals surface area contributed by atoms with E-state index in [2.05, 4.69) is 10.6 Å². The SMILES string of the molecule is O=C(CC1NCCc2occc21)NC1CC1. The summed E-state index contributed by atoms with van der Waals surface area (Å²) in [6.45, 7) is 0.891. The van der Waals surface area contributed by atoms with E-state index in [0.717, 1.165) is 37.1 Å². The Kier molecular flexibility index (Phi) is 2.44. The molecule has 1 fully saturated rings. The Morgan fingerprint density at radius 2 is 2.44 bits per heavy atom. The van der Waals surface area contributed by atoms with Gasteiger partial charge >= 0.3 is 0 Å². The van der Waals surface area contributed by atoms with Crippen molar-refractivity contribution in [3.8, 4) is 0 Å². The number of amides is 1. The van der Waals surface area contributed by atoms with E-state index in [4.69, 9.17) is 4.42 Å². The van der Waals surface area contributed by atoms with Crippen LogP contribution in [0.4, 0.5) is 0 Å². The van der Waals surface area contributed by atoms with Gasteiger partial charge in [-0.05, 0) is 18.9 Å². The zero-order valence-corrected chi connectivity index (χ0v) is 9.16. The molecule has 1 saturated carbocycles. The van der Waals surface area contributed by atoms with Crippen molar-refractivity contribution in [2.75, 3.05) is 6.54 Å². The van der Waals surface area contributed by atoms with Gasteiger partial charge in [0.05, 0.1) is 6.26 Å². The van der Waals surface area contributed by atoms with Crippen LogP contribution >= 0.6 is 0 Å². The van der Waals surface area contributed by atoms with Gasteiger partial charge in [-0.25, -0.2) is 0 Å². The number of hydrogen-bond acceptors (Lipinski definition) is 3. The minimum atomic E-state index is 0.126. The Hall–Kier alpha value is -1.29. The second kappa shape index (κ2) is 3.94. The lowest BCUT2D eigenvalue weighted by Crippen LogP contribution is -2.34. The van der Waals surface area contributed by atoms with Crippen LogP contribution in [0.25, 0.3) is 0 Å². The van der Waals surface area contributed by atoms with E-state index < -0.39 is 0 Å². The summed E-state index contributed by atoms with van der Waals surface area (Å²) < 4.78 is 5.39. The minimum Gasteiger partial charge on any atom is -0.469 e. The van der Waals surface area contributed by atoms with Crippen molar-refractivity contribution >= 4 is 5.91 Å². The first-order chi connectivity index (χ1) is 7.83. The van der Waals surface area contributed by atoms with E-state index in [1.54, 1.807) is 6.26 Å². The van der Waals surface area contributed by atoms with Crippen LogP contribution in [0.5, 0.6) is 0 Å². The van der Waals surface area contributed by atoms with E-state index in [1.165, 1.54) is 0 Å². The molecule has 1 atom stereocenters. The van der Waals surface area contributed by atoms with E-state index in [0.29, 0.717) is 12.5 Å². The molecule has 1 amide bonds. The van der Waals surface area contributed by atoms with Crippen molar-refractivity contribution in [1.29, 1.82) is 0 Å². The molecule has 0 aromatic carbocycles. The molecule has 4 nitrogen and oxygen atoms in total. The summed E-state index contributed by atoms with van der Waals surface area (Å²) in [6.07, 6.45) is 5.43. The summed E-state index contributed by atoms with van der Waals surface area (Å²) in [6, 6.07) is 2.54. The third-order valence-electron chi connectivity index (χ3n) is 3.23. The highest BCUT2D eigenvalue weighted by molar-refractivity contribution is 5.77. The van der Waals surface area contributed by atoms with Gasteiger partial charge in [-0.2, -0.15) is 0 Å². The van der Waals surface area contributed by atoms with E-state index >= 15 is 0 Å². The summed E-state index contributed by atoms with van der Waals surface area (Å²) in [4.78, 5) is 11.7. The lowest BCUT2D eigenvalue weighted by atomic mass is 9.99. The summed E-state index contributed by atoms with van der Waals surface area (Å²) in [7, 11) is 0. The molecule has 86 valence electrons. The van der Waals surface area contributed by atoms with Gasteiger partial charge in [-0.3, -0.25) is 4.79 Å². The lowest BCUT2D eigenvalue weighted by molar-refractivity contribution is -0.121. The van der Waals surface area contributed by atoms with Gasteiger partial charge in [0.1, 0.15) is 5.76 Å². The van der Waals surface area contributed by atoms with Crippen molar-refractivity contribution < 1.29 is 9.21 Å². The second-order valence-electron chi connectivity index (χ2n) is 4.60. The van der Waals surface area contributed by atoms with Crippen molar-refractivity contribution in [2.45, 2.75) is 37.8 Å². The monoisotopic (exact) mass is 220 g/mol. The molecule has 3 rings (SSSR count). The number of carbonyl (C=O) groups is 1. The fourth-order valence-corrected chi connectivity index (χ4v) is 2.22. The highest BCUT2D eigenvalue weighted by Gasteiger charge is 2.27. The molecule has 1 aromatic heterocycles. The molecule has 16 heavy (non-hydrogen) atoms. The normalized spacial score (nSPS) is 23.9. The number of hydrogen-bond donors (Lipinski definition) is 2. The molecule has 1 aliphatic carbocycles. The first kappa shape index (κ1) is 9.90. The van der Waals surface area contributed by atoms with Gasteiger partial charge < -0.3 is 15.1 Å². The lowest BCUT2D eigenvalue weighted by Gasteiger charge is -2.22. The summed E-state index contributed by atoms with van der Waals surface area (Å²) in [5.74, 6) is 1.18. The maximum Gasteiger partial charge on any atom is 0.222 e. The highest BCUT2D eigenvalue weighted by Crippen LogP contribution is 2.27. The summed E-state index contributed by atoms with van der Waals surface area (Å²) >= 11 is 0. The summed E-state index contributed by atoms with van der Waals surface area (Å²) in [5, 5.41) is 6.38. The molecule has 1 unspecified atom stereocenters. The Bertz CT molecular complexity index is 395. The second-order valence-corrected chi connectivity index (χ2v) is 4.60. The van der Waals surface area contributed by atoms with E-state index in [9.17, 15) is 4.79 Å². The highest BCUT2D eigenvalue weighted by atomic mass is 16.3. The largest absolute Gasteiger partial charge is 0.469 e. The quantitative estimate of drug-likeness (QED) is 0.803. The number of fused-ring (bicyclic) bond motifs is 1. The van der Waals surface area contributed by atoms with Gasteiger partial charge in [0.15, 0.2) is 0 Å². The number of furan rings is 1. The van der Waals surface area contributed by atoms with Crippen LogP contribution in [0.2, 0.25) is 0 Å². The first-order valence-electron chi connectivity index (χ1n) is 5.92. The Morgan fingerprint density at radius 1 is 1.56 bits per heavy atom. The van der Waals surface area contributed by atoms with Crippen molar-refractivity contribution in [2.24, 2.45) is 0 Å². The predicted molar refractivity (Wildman–Crippen MR) is 58.9 cm³/mol. The van der Waals surface area contributed by atoms with Crippen LogP contribution in [-0.4, -0.2) is 18.5 Å². The van der Waals surface area contributed by atoms with Gasteiger partial charge in [0.25, 0.3) is 0 Å². The molecule has 1 aliphatic heterocycles. The minimum absolute atomic E-state index is 0.126. The van der Waals surface area contributed by atoms with Crippen LogP contribution in [-0.2, 0) is 11.2 Å². The van der Waals surface area contributed by atoms with Crippen LogP contribution in [0.1, 0.15) is 36.6 Å². The molecular weight excluding hydrogens is 204 g/mol. The topological polar surface area (TPSA) is 54.3 Å². The van der Waals surface area contributed by atoms with Crippen molar-refractivity contribution in [3.05, 3.63) is 23.7 Å². The molecule has 0 bridgehead atoms. The number of nitrogens with one attached hydrogen (secondary N) is 2. The molecule has 0 spiro atoms. The molecular formula is C12H16N2O2. The van der Waals surface area contributed by atoms with E-state index in [-0.39, 0.29) is 11.9 Å². The van der Waals surface area contributed by atoms with Crippen LogP contribution in [0.3, 0.4) is 0 Å². The zero-order chi connectivity index (χ0) is 11.0. The number of carbonyl (C=O) groups excluding carboxylic acids is 1. The van der Waals surface area contributed by atoms with Gasteiger partial charge in [0, 0.05) is 37.0 Å². The molecule has 4 heteroatoms. The summed E-state index contributed by atoms with van der Waals surface area (Å²) in [5.41, 5.74) is 1.15. The number of rotatable bonds is 3. The van der Waals surface area contributed by atoms with Crippen molar-refractivity contribution in [1.82, 2.24) is 10.6 Å². The third-order valence-corrected chi connectivity index (χ3v) is 3.23. The molecule has 2 heterocycles. The molecule has 2 N–H and O–H groups in total. The first-order valence-corrected chi connectivity index (χ1v) is 5.92. The van der Waals surface area contributed by atoms with Crippen molar-refractivity contribution in [3.63, 3.8) is 0 Å². The maximum atomic E-state index is 11.7. The molecule has 0 radical (unpaired) electrons. The Morgan fingerprint density at radius 3 is 3.25 bits per heavy atom. The van der Waals surface area contributed by atoms with E-state index in [1.807, 2.05) is 6.07 Å². The Labute approximate surface area is 94.4 Å². The van der Waals surface area contributed by atoms with Crippen LogP contribution in [0.15, 0.2) is 16.7 Å². The van der Waals surface area contributed by atoms with Gasteiger partial charge in [-0.1, -0.05) is 0 Å². The van der Waals surface area contributed by atoms with Crippen LogP contribution in [0, 0.1) is 0 Å². The smallest absolute Gasteiger partial charge is 0.222 e.